The Labute approximate surface area is 257 Å². The van der Waals surface area contributed by atoms with Gasteiger partial charge in [0.15, 0.2) is 6.10 Å². The van der Waals surface area contributed by atoms with E-state index in [2.05, 4.69) is 16.0 Å². The fourth-order valence-electron chi connectivity index (χ4n) is 5.16. The standard InChI is InChI=1S/C33H52N4O6/c1-19(2)15-25-33(42)43-27(17-21(5)6)31(40)36-28(22(7)8)32(41)37(9)26(16-20(3)4)30(39)34-24(29(38)35-25)18-23-13-11-10-12-14-23/h10-14,19-22,24-28H,15-18H2,1-9H3,(H,34,39)(H,35,38)(H,36,40)/t24-,25-,26-,27-,28-/m0/s1. The fraction of sp³-hybridized carbons (Fsp3) is 0.667. The lowest BCUT2D eigenvalue weighted by Gasteiger charge is -2.34. The van der Waals surface area contributed by atoms with E-state index in [1.807, 2.05) is 85.7 Å². The Kier molecular flexibility index (Phi) is 13.7. The molecule has 10 heteroatoms. The van der Waals surface area contributed by atoms with Gasteiger partial charge < -0.3 is 25.6 Å². The highest BCUT2D eigenvalue weighted by Gasteiger charge is 2.39. The summed E-state index contributed by atoms with van der Waals surface area (Å²) in [5, 5.41) is 8.50. The second-order valence-electron chi connectivity index (χ2n) is 13.3. The Bertz CT molecular complexity index is 1100. The van der Waals surface area contributed by atoms with Crippen LogP contribution in [-0.2, 0) is 35.1 Å². The first-order valence-corrected chi connectivity index (χ1v) is 15.5. The summed E-state index contributed by atoms with van der Waals surface area (Å²) in [6.07, 6.45) is -0.117. The molecule has 0 unspecified atom stereocenters. The molecule has 1 aromatic carbocycles. The van der Waals surface area contributed by atoms with Gasteiger partial charge in [-0.25, -0.2) is 4.79 Å². The highest BCUT2D eigenvalue weighted by molar-refractivity contribution is 5.96. The third kappa shape index (κ3) is 11.0. The number of benzene rings is 1. The number of cyclic esters (lactones) is 1. The molecule has 240 valence electrons. The smallest absolute Gasteiger partial charge is 0.329 e. The molecule has 3 N–H and O–H groups in total. The van der Waals surface area contributed by atoms with Gasteiger partial charge in [0, 0.05) is 13.5 Å². The summed E-state index contributed by atoms with van der Waals surface area (Å²) >= 11 is 0. The quantitative estimate of drug-likeness (QED) is 0.373. The monoisotopic (exact) mass is 600 g/mol. The van der Waals surface area contributed by atoms with Crippen LogP contribution in [0.15, 0.2) is 30.3 Å². The van der Waals surface area contributed by atoms with Crippen LogP contribution in [0.1, 0.15) is 80.2 Å². The number of likely N-dealkylation sites (N-methyl/N-ethyl adjacent to an activating group) is 1. The molecule has 1 fully saturated rings. The van der Waals surface area contributed by atoms with E-state index < -0.39 is 59.9 Å². The number of ether oxygens (including phenoxy) is 1. The van der Waals surface area contributed by atoms with Crippen molar-refractivity contribution in [2.45, 2.75) is 111 Å². The number of nitrogens with zero attached hydrogens (tertiary/aromatic N) is 1. The van der Waals surface area contributed by atoms with E-state index in [1.165, 1.54) is 4.90 Å². The predicted molar refractivity (Wildman–Crippen MR) is 166 cm³/mol. The van der Waals surface area contributed by atoms with Crippen molar-refractivity contribution in [3.63, 3.8) is 0 Å². The maximum atomic E-state index is 13.9. The van der Waals surface area contributed by atoms with Crippen LogP contribution in [0, 0.1) is 23.7 Å². The second kappa shape index (κ2) is 16.4. The van der Waals surface area contributed by atoms with E-state index in [9.17, 15) is 24.0 Å². The lowest BCUT2D eigenvalue weighted by atomic mass is 9.97. The van der Waals surface area contributed by atoms with Crippen molar-refractivity contribution in [2.75, 3.05) is 7.05 Å². The molecule has 2 rings (SSSR count). The molecule has 1 aliphatic heterocycles. The predicted octanol–water partition coefficient (Wildman–Crippen LogP) is 3.23. The number of carbonyl (C=O) groups is 5. The summed E-state index contributed by atoms with van der Waals surface area (Å²) in [5.41, 5.74) is 0.820. The zero-order valence-corrected chi connectivity index (χ0v) is 27.3. The molecular weight excluding hydrogens is 548 g/mol. The van der Waals surface area contributed by atoms with Crippen molar-refractivity contribution in [1.82, 2.24) is 20.9 Å². The highest BCUT2D eigenvalue weighted by Crippen LogP contribution is 2.18. The molecule has 4 amide bonds. The van der Waals surface area contributed by atoms with Gasteiger partial charge in [-0.15, -0.1) is 0 Å². The first-order chi connectivity index (χ1) is 20.1. The Balaban J connectivity index is 2.65. The lowest BCUT2D eigenvalue weighted by Crippen LogP contribution is -2.59. The maximum Gasteiger partial charge on any atom is 0.329 e. The average Bonchev–Trinajstić information content (AvgIpc) is 2.91. The average molecular weight is 601 g/mol. The van der Waals surface area contributed by atoms with Crippen molar-refractivity contribution in [2.24, 2.45) is 23.7 Å². The summed E-state index contributed by atoms with van der Waals surface area (Å²) in [4.78, 5) is 69.9. The SMILES string of the molecule is CC(C)C[C@@H]1NC(=O)[C@H](Cc2ccccc2)NC(=O)[C@H](CC(C)C)N(C)C(=O)[C@H](C(C)C)NC(=O)[C@H](CC(C)C)OC1=O. The third-order valence-corrected chi connectivity index (χ3v) is 7.50. The minimum atomic E-state index is -1.16. The third-order valence-electron chi connectivity index (χ3n) is 7.50. The number of nitrogens with one attached hydrogen (secondary N) is 3. The van der Waals surface area contributed by atoms with Crippen LogP contribution >= 0.6 is 0 Å². The minimum Gasteiger partial charge on any atom is -0.451 e. The molecule has 43 heavy (non-hydrogen) atoms. The van der Waals surface area contributed by atoms with Crippen molar-refractivity contribution >= 4 is 29.6 Å². The molecule has 1 heterocycles. The topological polar surface area (TPSA) is 134 Å². The van der Waals surface area contributed by atoms with Crippen molar-refractivity contribution < 1.29 is 28.7 Å². The number of rotatable bonds is 9. The molecular formula is C33H52N4O6. The van der Waals surface area contributed by atoms with Gasteiger partial charge in [0.25, 0.3) is 5.91 Å². The van der Waals surface area contributed by atoms with Gasteiger partial charge >= 0.3 is 5.97 Å². The van der Waals surface area contributed by atoms with E-state index in [4.69, 9.17) is 4.74 Å². The molecule has 0 aromatic heterocycles. The lowest BCUT2D eigenvalue weighted by molar-refractivity contribution is -0.160. The first-order valence-electron chi connectivity index (χ1n) is 15.5. The van der Waals surface area contributed by atoms with Crippen LogP contribution in [0.25, 0.3) is 0 Å². The summed E-state index contributed by atoms with van der Waals surface area (Å²) < 4.78 is 5.77. The van der Waals surface area contributed by atoms with Crippen LogP contribution in [0.2, 0.25) is 0 Å². The largest absolute Gasteiger partial charge is 0.451 e. The Hall–Kier alpha value is -3.43. The first kappa shape index (κ1) is 35.8. The van der Waals surface area contributed by atoms with Crippen LogP contribution in [-0.4, -0.2) is 71.8 Å². The Morgan fingerprint density at radius 1 is 0.698 bits per heavy atom. The van der Waals surface area contributed by atoms with E-state index in [0.717, 1.165) is 5.56 Å². The number of hydrogen-bond acceptors (Lipinski definition) is 6. The van der Waals surface area contributed by atoms with Gasteiger partial charge in [-0.3, -0.25) is 19.2 Å². The molecule has 0 bridgehead atoms. The van der Waals surface area contributed by atoms with E-state index in [-0.39, 0.29) is 42.9 Å². The molecule has 0 saturated carbocycles. The summed E-state index contributed by atoms with van der Waals surface area (Å²) in [6, 6.07) is 5.37. The molecule has 10 nitrogen and oxygen atoms in total. The van der Waals surface area contributed by atoms with E-state index in [0.29, 0.717) is 6.42 Å². The minimum absolute atomic E-state index is 0.00662. The van der Waals surface area contributed by atoms with Gasteiger partial charge in [-0.1, -0.05) is 85.7 Å². The number of esters is 1. The number of carbonyl (C=O) groups excluding carboxylic acids is 5. The second-order valence-corrected chi connectivity index (χ2v) is 13.3. The van der Waals surface area contributed by atoms with Crippen LogP contribution in [0.3, 0.4) is 0 Å². The van der Waals surface area contributed by atoms with Gasteiger partial charge in [0.2, 0.25) is 17.7 Å². The van der Waals surface area contributed by atoms with Gasteiger partial charge in [-0.2, -0.15) is 0 Å². The van der Waals surface area contributed by atoms with Crippen molar-refractivity contribution in [3.8, 4) is 0 Å². The van der Waals surface area contributed by atoms with E-state index >= 15 is 0 Å². The summed E-state index contributed by atoms with van der Waals surface area (Å²) in [7, 11) is 1.55. The van der Waals surface area contributed by atoms with Crippen LogP contribution in [0.4, 0.5) is 0 Å². The van der Waals surface area contributed by atoms with Gasteiger partial charge in [-0.05, 0) is 48.5 Å². The molecule has 5 atom stereocenters. The van der Waals surface area contributed by atoms with E-state index in [1.54, 1.807) is 7.05 Å². The molecule has 0 radical (unpaired) electrons. The normalized spacial score (nSPS) is 24.9. The molecule has 0 aliphatic carbocycles. The summed E-state index contributed by atoms with van der Waals surface area (Å²) in [5.74, 6) is -3.01. The fourth-order valence-corrected chi connectivity index (χ4v) is 5.16. The molecule has 0 spiro atoms. The Morgan fingerprint density at radius 3 is 1.79 bits per heavy atom. The highest BCUT2D eigenvalue weighted by atomic mass is 16.5. The maximum absolute atomic E-state index is 13.9. The number of hydrogen-bond donors (Lipinski definition) is 3. The van der Waals surface area contributed by atoms with Crippen LogP contribution < -0.4 is 16.0 Å². The zero-order chi connectivity index (χ0) is 32.4. The summed E-state index contributed by atoms with van der Waals surface area (Å²) in [6.45, 7) is 15.2. The van der Waals surface area contributed by atoms with Crippen molar-refractivity contribution in [3.05, 3.63) is 35.9 Å². The molecule has 1 aromatic rings. The van der Waals surface area contributed by atoms with Crippen LogP contribution in [0.5, 0.6) is 0 Å². The molecule has 1 aliphatic rings. The zero-order valence-electron chi connectivity index (χ0n) is 27.3. The molecule has 1 saturated heterocycles. The number of amides is 4. The van der Waals surface area contributed by atoms with Crippen molar-refractivity contribution in [1.29, 1.82) is 0 Å². The Morgan fingerprint density at radius 2 is 1.26 bits per heavy atom. The van der Waals surface area contributed by atoms with Gasteiger partial charge in [0.1, 0.15) is 24.2 Å². The van der Waals surface area contributed by atoms with Gasteiger partial charge in [0.05, 0.1) is 0 Å².